The number of nitrogens with zero attached hydrogens (tertiary/aromatic N) is 2. The van der Waals surface area contributed by atoms with Crippen molar-refractivity contribution in [3.8, 4) is 0 Å². The lowest BCUT2D eigenvalue weighted by molar-refractivity contribution is -0.226. The summed E-state index contributed by atoms with van der Waals surface area (Å²) in [6, 6.07) is 0. The molecule has 0 bridgehead atoms. The summed E-state index contributed by atoms with van der Waals surface area (Å²) in [5.41, 5.74) is 0. The number of hydrogen-bond donors (Lipinski definition) is 0. The van der Waals surface area contributed by atoms with E-state index in [0.29, 0.717) is 5.06 Å². The second-order valence-electron chi connectivity index (χ2n) is 3.11. The minimum Gasteiger partial charge on any atom is -0.303 e. The van der Waals surface area contributed by atoms with Gasteiger partial charge in [0.2, 0.25) is 0 Å². The van der Waals surface area contributed by atoms with Crippen molar-refractivity contribution in [3.63, 3.8) is 0 Å². The van der Waals surface area contributed by atoms with E-state index in [1.54, 1.807) is 0 Å². The molecule has 16 heavy (non-hydrogen) atoms. The van der Waals surface area contributed by atoms with Crippen LogP contribution in [-0.2, 0) is 14.5 Å². The summed E-state index contributed by atoms with van der Waals surface area (Å²) < 4.78 is 37.7. The molecule has 1 atom stereocenters. The minimum absolute atomic E-state index is 0.543. The van der Waals surface area contributed by atoms with Crippen LogP contribution < -0.4 is 0 Å². The van der Waals surface area contributed by atoms with Gasteiger partial charge in [-0.1, -0.05) is 0 Å². The summed E-state index contributed by atoms with van der Waals surface area (Å²) in [5.74, 6) is -3.35. The van der Waals surface area contributed by atoms with Gasteiger partial charge in [0.1, 0.15) is 0 Å². The fraction of sp³-hybridized carbons (Fsp3) is 0.875. The molecule has 0 heterocycles. The van der Waals surface area contributed by atoms with Gasteiger partial charge in [0.25, 0.3) is 5.91 Å². The van der Waals surface area contributed by atoms with Crippen LogP contribution in [0, 0.1) is 5.92 Å². The highest BCUT2D eigenvalue weighted by molar-refractivity contribution is 5.78. The Bertz CT molecular complexity index is 235. The summed E-state index contributed by atoms with van der Waals surface area (Å²) in [7, 11) is 4.76. The quantitative estimate of drug-likeness (QED) is 0.667. The fourth-order valence-electron chi connectivity index (χ4n) is 0.963. The average molecular weight is 244 g/mol. The molecule has 96 valence electrons. The number of carbonyl (C=O) groups excluding carboxylic acids is 1. The number of hydroxylamine groups is 4. The Kier molecular flexibility index (Phi) is 5.70. The molecule has 0 aliphatic heterocycles. The van der Waals surface area contributed by atoms with Crippen LogP contribution in [0.15, 0.2) is 0 Å². The van der Waals surface area contributed by atoms with E-state index in [2.05, 4.69) is 9.68 Å². The van der Waals surface area contributed by atoms with Gasteiger partial charge in [0.15, 0.2) is 5.92 Å². The van der Waals surface area contributed by atoms with Crippen LogP contribution in [0.4, 0.5) is 13.2 Å². The Balaban J connectivity index is 4.75. The van der Waals surface area contributed by atoms with Gasteiger partial charge in [-0.2, -0.15) is 18.2 Å². The largest absolute Gasteiger partial charge is 0.401 e. The topological polar surface area (TPSA) is 42.0 Å². The number of rotatable bonds is 5. The molecular formula is C8H15F3N2O3. The summed E-state index contributed by atoms with van der Waals surface area (Å²) in [6.45, 7) is -0.591. The van der Waals surface area contributed by atoms with E-state index in [1.807, 2.05) is 0 Å². The normalized spacial score (nSPS) is 14.0. The maximum atomic E-state index is 12.6. The van der Waals surface area contributed by atoms with E-state index in [0.717, 1.165) is 19.2 Å². The van der Waals surface area contributed by atoms with E-state index in [4.69, 9.17) is 0 Å². The van der Waals surface area contributed by atoms with Crippen LogP contribution in [0.5, 0.6) is 0 Å². The smallest absolute Gasteiger partial charge is 0.303 e. The molecule has 0 saturated heterocycles. The first-order chi connectivity index (χ1) is 7.23. The molecule has 1 amide bonds. The molecule has 0 aromatic rings. The Morgan fingerprint density at radius 1 is 1.25 bits per heavy atom. The lowest BCUT2D eigenvalue weighted by atomic mass is 10.1. The summed E-state index contributed by atoms with van der Waals surface area (Å²) in [4.78, 5) is 20.4. The van der Waals surface area contributed by atoms with Gasteiger partial charge in [-0.15, -0.1) is 0 Å². The predicted molar refractivity (Wildman–Crippen MR) is 49.0 cm³/mol. The van der Waals surface area contributed by atoms with Crippen molar-refractivity contribution in [2.75, 3.05) is 34.9 Å². The number of alkyl halides is 3. The molecule has 0 spiro atoms. The van der Waals surface area contributed by atoms with E-state index in [9.17, 15) is 18.0 Å². The first-order valence-electron chi connectivity index (χ1n) is 4.37. The SMILES string of the molecule is CON(C)CC(C(=O)N(C)OC)C(F)(F)F. The third-order valence-electron chi connectivity index (χ3n) is 2.03. The van der Waals surface area contributed by atoms with Gasteiger partial charge < -0.3 is 4.84 Å². The lowest BCUT2D eigenvalue weighted by Gasteiger charge is -2.26. The van der Waals surface area contributed by atoms with E-state index in [-0.39, 0.29) is 0 Å². The van der Waals surface area contributed by atoms with Crippen LogP contribution >= 0.6 is 0 Å². The van der Waals surface area contributed by atoms with Crippen molar-refractivity contribution in [1.29, 1.82) is 0 Å². The molecule has 0 radical (unpaired) electrons. The lowest BCUT2D eigenvalue weighted by Crippen LogP contribution is -2.45. The van der Waals surface area contributed by atoms with Crippen molar-refractivity contribution in [2.24, 2.45) is 5.92 Å². The molecule has 0 aliphatic carbocycles. The molecule has 5 nitrogen and oxygen atoms in total. The molecule has 0 N–H and O–H groups in total. The van der Waals surface area contributed by atoms with Crippen molar-refractivity contribution in [1.82, 2.24) is 10.1 Å². The third-order valence-corrected chi connectivity index (χ3v) is 2.03. The van der Waals surface area contributed by atoms with Crippen molar-refractivity contribution >= 4 is 5.91 Å². The second-order valence-corrected chi connectivity index (χ2v) is 3.11. The molecular weight excluding hydrogens is 229 g/mol. The highest BCUT2D eigenvalue weighted by atomic mass is 19.4. The molecule has 0 fully saturated rings. The zero-order valence-electron chi connectivity index (χ0n) is 9.54. The van der Waals surface area contributed by atoms with E-state index in [1.165, 1.54) is 14.2 Å². The fourth-order valence-corrected chi connectivity index (χ4v) is 0.963. The summed E-state index contributed by atoms with van der Waals surface area (Å²) in [5, 5.41) is 1.47. The number of hydrogen-bond acceptors (Lipinski definition) is 4. The molecule has 0 rings (SSSR count). The van der Waals surface area contributed by atoms with Gasteiger partial charge in [-0.25, -0.2) is 5.06 Å². The van der Waals surface area contributed by atoms with Gasteiger partial charge in [-0.3, -0.25) is 9.63 Å². The molecule has 8 heteroatoms. The van der Waals surface area contributed by atoms with Crippen molar-refractivity contribution in [2.45, 2.75) is 6.18 Å². The summed E-state index contributed by atoms with van der Waals surface area (Å²) in [6.07, 6.45) is -4.64. The van der Waals surface area contributed by atoms with Crippen LogP contribution in [0.25, 0.3) is 0 Å². The first kappa shape index (κ1) is 15.1. The molecule has 0 aliphatic rings. The van der Waals surface area contributed by atoms with Crippen molar-refractivity contribution < 1.29 is 27.6 Å². The van der Waals surface area contributed by atoms with Crippen LogP contribution in [0.3, 0.4) is 0 Å². The Hall–Kier alpha value is -0.860. The third kappa shape index (κ3) is 4.33. The zero-order valence-corrected chi connectivity index (χ0v) is 9.54. The molecule has 0 saturated carbocycles. The maximum absolute atomic E-state index is 12.6. The molecule has 0 aromatic heterocycles. The van der Waals surface area contributed by atoms with Crippen LogP contribution in [0.1, 0.15) is 0 Å². The number of carbonyl (C=O) groups is 1. The average Bonchev–Trinajstić information content (AvgIpc) is 2.21. The Morgan fingerprint density at radius 2 is 1.75 bits per heavy atom. The van der Waals surface area contributed by atoms with Gasteiger partial charge in [-0.05, 0) is 0 Å². The standard InChI is InChI=1S/C8H15F3N2O3/c1-12(15-3)5-6(8(9,10)11)7(14)13(2)16-4/h6H,5H2,1-4H3. The highest BCUT2D eigenvalue weighted by Crippen LogP contribution is 2.28. The predicted octanol–water partition coefficient (Wildman–Crippen LogP) is 0.678. The van der Waals surface area contributed by atoms with Crippen molar-refractivity contribution in [3.05, 3.63) is 0 Å². The Labute approximate surface area is 91.6 Å². The number of halogens is 3. The maximum Gasteiger partial charge on any atom is 0.401 e. The van der Waals surface area contributed by atoms with Gasteiger partial charge in [0.05, 0.1) is 14.2 Å². The monoisotopic (exact) mass is 244 g/mol. The second kappa shape index (κ2) is 6.02. The molecule has 1 unspecified atom stereocenters. The molecule has 0 aromatic carbocycles. The van der Waals surface area contributed by atoms with Crippen LogP contribution in [0.2, 0.25) is 0 Å². The van der Waals surface area contributed by atoms with E-state index >= 15 is 0 Å². The minimum atomic E-state index is -4.64. The zero-order chi connectivity index (χ0) is 12.9. The first-order valence-corrected chi connectivity index (χ1v) is 4.37. The number of amides is 1. The van der Waals surface area contributed by atoms with Gasteiger partial charge >= 0.3 is 6.18 Å². The van der Waals surface area contributed by atoms with Gasteiger partial charge in [0, 0.05) is 20.6 Å². The Morgan fingerprint density at radius 3 is 2.06 bits per heavy atom. The van der Waals surface area contributed by atoms with Crippen LogP contribution in [-0.4, -0.2) is 57.1 Å². The highest BCUT2D eigenvalue weighted by Gasteiger charge is 2.46. The summed E-state index contributed by atoms with van der Waals surface area (Å²) >= 11 is 0. The van der Waals surface area contributed by atoms with E-state index < -0.39 is 24.5 Å².